The van der Waals surface area contributed by atoms with E-state index in [0.717, 1.165) is 35.2 Å². The van der Waals surface area contributed by atoms with Crippen LogP contribution in [0.3, 0.4) is 0 Å². The second-order valence-corrected chi connectivity index (χ2v) is 7.43. The molecule has 5 heteroatoms. The van der Waals surface area contributed by atoms with Crippen LogP contribution in [0.15, 0.2) is 5.38 Å². The predicted molar refractivity (Wildman–Crippen MR) is 82.6 cm³/mol. The van der Waals surface area contributed by atoms with Gasteiger partial charge in [0.15, 0.2) is 0 Å². The molecule has 2 rings (SSSR count). The van der Waals surface area contributed by atoms with Crippen LogP contribution in [0.2, 0.25) is 0 Å². The maximum absolute atomic E-state index is 11.9. The number of hydrogen-bond donors (Lipinski definition) is 1. The van der Waals surface area contributed by atoms with Gasteiger partial charge < -0.3 is 5.32 Å². The molecule has 1 fully saturated rings. The Bertz CT molecular complexity index is 419. The maximum atomic E-state index is 11.9. The average molecular weight is 298 g/mol. The van der Waals surface area contributed by atoms with Gasteiger partial charge in [-0.05, 0) is 25.7 Å². The Morgan fingerprint density at radius 1 is 1.58 bits per heavy atom. The van der Waals surface area contributed by atoms with Crippen molar-refractivity contribution in [2.75, 3.05) is 5.75 Å². The summed E-state index contributed by atoms with van der Waals surface area (Å²) in [6.07, 6.45) is 4.84. The first-order valence-corrected chi connectivity index (χ1v) is 8.95. The second kappa shape index (κ2) is 7.29. The number of carbonyl (C=O) groups is 1. The monoisotopic (exact) mass is 298 g/mol. The predicted octanol–water partition coefficient (Wildman–Crippen LogP) is 3.38. The average Bonchev–Trinajstić information content (AvgIpc) is 2.75. The number of aryl methyl sites for hydroxylation is 1. The van der Waals surface area contributed by atoms with Crippen molar-refractivity contribution in [2.24, 2.45) is 5.92 Å². The van der Waals surface area contributed by atoms with Crippen LogP contribution >= 0.6 is 23.1 Å². The largest absolute Gasteiger partial charge is 0.353 e. The molecule has 0 unspecified atom stereocenters. The second-order valence-electron chi connectivity index (χ2n) is 5.39. The van der Waals surface area contributed by atoms with Crippen LogP contribution in [0.1, 0.15) is 43.3 Å². The van der Waals surface area contributed by atoms with Crippen LogP contribution in [0.25, 0.3) is 0 Å². The standard InChI is InChI=1S/C14H22N2OS2/c1-10-4-3-5-12(6-10)16-14(17)9-18-7-13-8-19-11(2)15-13/h8,10,12H,3-7,9H2,1-2H3,(H,16,17)/t10-,12-/m0/s1. The van der Waals surface area contributed by atoms with E-state index in [4.69, 9.17) is 0 Å². The SMILES string of the molecule is Cc1nc(CSCC(=O)N[C@H]2CCC[C@H](C)C2)cs1. The molecule has 1 N–H and O–H groups in total. The van der Waals surface area contributed by atoms with Gasteiger partial charge in [0.2, 0.25) is 5.91 Å². The van der Waals surface area contributed by atoms with E-state index >= 15 is 0 Å². The van der Waals surface area contributed by atoms with Crippen molar-refractivity contribution in [3.8, 4) is 0 Å². The van der Waals surface area contributed by atoms with Crippen LogP contribution in [0.5, 0.6) is 0 Å². The van der Waals surface area contributed by atoms with E-state index in [1.165, 1.54) is 12.8 Å². The number of nitrogens with zero attached hydrogens (tertiary/aromatic N) is 1. The summed E-state index contributed by atoms with van der Waals surface area (Å²) in [5.74, 6) is 2.31. The molecular formula is C14H22N2OS2. The molecule has 106 valence electrons. The zero-order chi connectivity index (χ0) is 13.7. The van der Waals surface area contributed by atoms with Gasteiger partial charge in [-0.1, -0.05) is 19.8 Å². The highest BCUT2D eigenvalue weighted by Gasteiger charge is 2.20. The lowest BCUT2D eigenvalue weighted by Crippen LogP contribution is -2.38. The Hall–Kier alpha value is -0.550. The molecule has 0 spiro atoms. The highest BCUT2D eigenvalue weighted by Crippen LogP contribution is 2.23. The van der Waals surface area contributed by atoms with Gasteiger partial charge in [0, 0.05) is 17.2 Å². The lowest BCUT2D eigenvalue weighted by Gasteiger charge is -2.27. The molecule has 1 amide bonds. The van der Waals surface area contributed by atoms with Crippen molar-refractivity contribution in [3.05, 3.63) is 16.1 Å². The van der Waals surface area contributed by atoms with Gasteiger partial charge in [0.1, 0.15) is 0 Å². The van der Waals surface area contributed by atoms with Gasteiger partial charge in [-0.2, -0.15) is 0 Å². The van der Waals surface area contributed by atoms with Gasteiger partial charge in [0.05, 0.1) is 16.5 Å². The van der Waals surface area contributed by atoms with Crippen LogP contribution in [0, 0.1) is 12.8 Å². The van der Waals surface area contributed by atoms with E-state index in [9.17, 15) is 4.79 Å². The summed E-state index contributed by atoms with van der Waals surface area (Å²) in [5.41, 5.74) is 1.09. The van der Waals surface area contributed by atoms with Gasteiger partial charge >= 0.3 is 0 Å². The summed E-state index contributed by atoms with van der Waals surface area (Å²) in [7, 11) is 0. The highest BCUT2D eigenvalue weighted by atomic mass is 32.2. The van der Waals surface area contributed by atoms with Crippen LogP contribution in [0.4, 0.5) is 0 Å². The number of aromatic nitrogens is 1. The first-order valence-electron chi connectivity index (χ1n) is 6.91. The van der Waals surface area contributed by atoms with E-state index in [0.29, 0.717) is 11.8 Å². The third-order valence-corrected chi connectivity index (χ3v) is 5.24. The van der Waals surface area contributed by atoms with Gasteiger partial charge in [-0.25, -0.2) is 4.98 Å². The minimum absolute atomic E-state index is 0.177. The summed E-state index contributed by atoms with van der Waals surface area (Å²) < 4.78 is 0. The Labute approximate surface area is 123 Å². The zero-order valence-corrected chi connectivity index (χ0v) is 13.3. The summed E-state index contributed by atoms with van der Waals surface area (Å²) in [5, 5.41) is 6.33. The van der Waals surface area contributed by atoms with E-state index in [-0.39, 0.29) is 5.91 Å². The zero-order valence-electron chi connectivity index (χ0n) is 11.6. The molecule has 0 bridgehead atoms. The molecule has 1 heterocycles. The number of carbonyl (C=O) groups excluding carboxylic acids is 1. The number of nitrogens with one attached hydrogen (secondary N) is 1. The molecule has 0 aliphatic heterocycles. The fourth-order valence-corrected chi connectivity index (χ4v) is 4.00. The topological polar surface area (TPSA) is 42.0 Å². The molecule has 3 nitrogen and oxygen atoms in total. The fourth-order valence-electron chi connectivity index (χ4n) is 2.56. The molecule has 1 saturated carbocycles. The molecule has 0 saturated heterocycles. The normalized spacial score (nSPS) is 23.3. The molecule has 1 aromatic heterocycles. The van der Waals surface area contributed by atoms with Gasteiger partial charge in [-0.15, -0.1) is 23.1 Å². The molecular weight excluding hydrogens is 276 g/mol. The molecule has 1 aromatic rings. The molecule has 1 aliphatic rings. The quantitative estimate of drug-likeness (QED) is 0.906. The highest BCUT2D eigenvalue weighted by molar-refractivity contribution is 7.99. The van der Waals surface area contributed by atoms with Crippen molar-refractivity contribution in [3.63, 3.8) is 0 Å². The maximum Gasteiger partial charge on any atom is 0.230 e. The minimum Gasteiger partial charge on any atom is -0.353 e. The summed E-state index contributed by atoms with van der Waals surface area (Å²) in [6.45, 7) is 4.29. The summed E-state index contributed by atoms with van der Waals surface area (Å²) >= 11 is 3.32. The molecule has 0 radical (unpaired) electrons. The summed E-state index contributed by atoms with van der Waals surface area (Å²) in [6, 6.07) is 0.401. The van der Waals surface area contributed by atoms with E-state index in [1.807, 2.05) is 6.92 Å². The third kappa shape index (κ3) is 5.15. The smallest absolute Gasteiger partial charge is 0.230 e. The number of hydrogen-bond acceptors (Lipinski definition) is 4. The minimum atomic E-state index is 0.177. The number of amides is 1. The lowest BCUT2D eigenvalue weighted by molar-refractivity contribution is -0.119. The Morgan fingerprint density at radius 2 is 2.42 bits per heavy atom. The first-order chi connectivity index (χ1) is 9.13. The fraction of sp³-hybridized carbons (Fsp3) is 0.714. The molecule has 1 aliphatic carbocycles. The lowest BCUT2D eigenvalue weighted by atomic mass is 9.87. The van der Waals surface area contributed by atoms with E-state index in [1.54, 1.807) is 23.1 Å². The number of rotatable bonds is 5. The van der Waals surface area contributed by atoms with Gasteiger partial charge in [0.25, 0.3) is 0 Å². The van der Waals surface area contributed by atoms with Crippen molar-refractivity contribution < 1.29 is 4.79 Å². The van der Waals surface area contributed by atoms with Crippen LogP contribution < -0.4 is 5.32 Å². The van der Waals surface area contributed by atoms with Crippen LogP contribution in [-0.2, 0) is 10.5 Å². The molecule has 2 atom stereocenters. The Kier molecular flexibility index (Phi) is 5.70. The van der Waals surface area contributed by atoms with Crippen molar-refractivity contribution in [1.82, 2.24) is 10.3 Å². The van der Waals surface area contributed by atoms with Crippen molar-refractivity contribution in [2.45, 2.75) is 51.3 Å². The van der Waals surface area contributed by atoms with E-state index in [2.05, 4.69) is 22.6 Å². The molecule has 0 aromatic carbocycles. The first kappa shape index (κ1) is 14.9. The van der Waals surface area contributed by atoms with Crippen molar-refractivity contribution in [1.29, 1.82) is 0 Å². The molecule has 19 heavy (non-hydrogen) atoms. The summed E-state index contributed by atoms with van der Waals surface area (Å²) in [4.78, 5) is 16.3. The van der Waals surface area contributed by atoms with E-state index < -0.39 is 0 Å². The van der Waals surface area contributed by atoms with Gasteiger partial charge in [-0.3, -0.25) is 4.79 Å². The Balaban J connectivity index is 1.64. The number of thiazole rings is 1. The number of thioether (sulfide) groups is 1. The van der Waals surface area contributed by atoms with Crippen LogP contribution in [-0.4, -0.2) is 22.7 Å². The Morgan fingerprint density at radius 3 is 3.11 bits per heavy atom. The third-order valence-electron chi connectivity index (χ3n) is 3.45. The van der Waals surface area contributed by atoms with Crippen molar-refractivity contribution >= 4 is 29.0 Å².